The Morgan fingerprint density at radius 1 is 1.18 bits per heavy atom. The van der Waals surface area contributed by atoms with Gasteiger partial charge in [-0.15, -0.1) is 0 Å². The Labute approximate surface area is 113 Å². The third-order valence-corrected chi connectivity index (χ3v) is 5.69. The van der Waals surface area contributed by atoms with Crippen LogP contribution < -0.4 is 5.32 Å². The van der Waals surface area contributed by atoms with Crippen LogP contribution in [-0.2, 0) is 0 Å². The molecule has 0 aromatic heterocycles. The molecule has 0 heterocycles. The SMILES string of the molecule is CCNC(CSC(C)CC)C1CCC(C)CC1. The molecule has 0 bridgehead atoms. The molecule has 2 atom stereocenters. The average Bonchev–Trinajstić information content (AvgIpc) is 2.35. The van der Waals surface area contributed by atoms with Gasteiger partial charge in [-0.05, 0) is 37.6 Å². The summed E-state index contributed by atoms with van der Waals surface area (Å²) in [6.07, 6.45) is 7.08. The van der Waals surface area contributed by atoms with Crippen molar-refractivity contribution >= 4 is 11.8 Å². The van der Waals surface area contributed by atoms with Gasteiger partial charge in [-0.3, -0.25) is 0 Å². The van der Waals surface area contributed by atoms with E-state index in [2.05, 4.69) is 44.8 Å². The van der Waals surface area contributed by atoms with E-state index in [0.29, 0.717) is 0 Å². The molecule has 0 spiro atoms. The zero-order valence-corrected chi connectivity index (χ0v) is 13.0. The van der Waals surface area contributed by atoms with Gasteiger partial charge in [0, 0.05) is 17.0 Å². The number of rotatable bonds is 7. The molecule has 102 valence electrons. The van der Waals surface area contributed by atoms with Crippen LogP contribution in [0.3, 0.4) is 0 Å². The number of hydrogen-bond donors (Lipinski definition) is 1. The number of nitrogens with one attached hydrogen (secondary N) is 1. The molecule has 2 unspecified atom stereocenters. The Hall–Kier alpha value is 0.310. The lowest BCUT2D eigenvalue weighted by molar-refractivity contribution is 0.243. The first-order valence-corrected chi connectivity index (χ1v) is 8.57. The Kier molecular flexibility index (Phi) is 7.61. The monoisotopic (exact) mass is 257 g/mol. The first-order valence-electron chi connectivity index (χ1n) is 7.52. The molecule has 0 amide bonds. The Morgan fingerprint density at radius 2 is 1.82 bits per heavy atom. The highest BCUT2D eigenvalue weighted by Crippen LogP contribution is 2.32. The van der Waals surface area contributed by atoms with Gasteiger partial charge in [0.1, 0.15) is 0 Å². The fourth-order valence-corrected chi connectivity index (χ4v) is 3.86. The lowest BCUT2D eigenvalue weighted by Crippen LogP contribution is -2.40. The van der Waals surface area contributed by atoms with E-state index >= 15 is 0 Å². The molecule has 0 aromatic carbocycles. The van der Waals surface area contributed by atoms with E-state index in [0.717, 1.165) is 29.7 Å². The molecule has 17 heavy (non-hydrogen) atoms. The van der Waals surface area contributed by atoms with Crippen LogP contribution in [0.1, 0.15) is 59.8 Å². The van der Waals surface area contributed by atoms with Gasteiger partial charge in [-0.2, -0.15) is 11.8 Å². The Balaban J connectivity index is 2.36. The van der Waals surface area contributed by atoms with Crippen molar-refractivity contribution in [2.45, 2.75) is 71.1 Å². The minimum absolute atomic E-state index is 0.756. The van der Waals surface area contributed by atoms with E-state index in [1.54, 1.807) is 0 Å². The van der Waals surface area contributed by atoms with Gasteiger partial charge in [-0.25, -0.2) is 0 Å². The van der Waals surface area contributed by atoms with Gasteiger partial charge in [0.2, 0.25) is 0 Å². The van der Waals surface area contributed by atoms with Crippen molar-refractivity contribution < 1.29 is 0 Å². The Morgan fingerprint density at radius 3 is 2.35 bits per heavy atom. The van der Waals surface area contributed by atoms with Crippen LogP contribution in [0, 0.1) is 11.8 Å². The van der Waals surface area contributed by atoms with E-state index in [1.807, 2.05) is 0 Å². The van der Waals surface area contributed by atoms with Crippen LogP contribution in [-0.4, -0.2) is 23.6 Å². The molecule has 1 nitrogen and oxygen atoms in total. The van der Waals surface area contributed by atoms with Crippen LogP contribution >= 0.6 is 11.8 Å². The molecule has 0 aromatic rings. The highest BCUT2D eigenvalue weighted by molar-refractivity contribution is 7.99. The van der Waals surface area contributed by atoms with E-state index in [-0.39, 0.29) is 0 Å². The second kappa shape index (κ2) is 8.42. The van der Waals surface area contributed by atoms with E-state index in [4.69, 9.17) is 0 Å². The van der Waals surface area contributed by atoms with Gasteiger partial charge >= 0.3 is 0 Å². The average molecular weight is 257 g/mol. The number of hydrogen-bond acceptors (Lipinski definition) is 2. The maximum Gasteiger partial charge on any atom is 0.0186 e. The van der Waals surface area contributed by atoms with Crippen molar-refractivity contribution in [1.29, 1.82) is 0 Å². The van der Waals surface area contributed by atoms with Crippen molar-refractivity contribution in [3.63, 3.8) is 0 Å². The highest BCUT2D eigenvalue weighted by Gasteiger charge is 2.25. The van der Waals surface area contributed by atoms with Crippen LogP contribution in [0.5, 0.6) is 0 Å². The van der Waals surface area contributed by atoms with Gasteiger partial charge in [0.05, 0.1) is 0 Å². The van der Waals surface area contributed by atoms with Gasteiger partial charge in [0.15, 0.2) is 0 Å². The molecule has 1 aliphatic rings. The summed E-state index contributed by atoms with van der Waals surface area (Å²) < 4.78 is 0. The predicted molar refractivity (Wildman–Crippen MR) is 80.8 cm³/mol. The smallest absolute Gasteiger partial charge is 0.0186 e. The minimum Gasteiger partial charge on any atom is -0.313 e. The van der Waals surface area contributed by atoms with Crippen LogP contribution in [0.15, 0.2) is 0 Å². The summed E-state index contributed by atoms with van der Waals surface area (Å²) >= 11 is 2.16. The van der Waals surface area contributed by atoms with Gasteiger partial charge in [0.25, 0.3) is 0 Å². The molecule has 1 saturated carbocycles. The minimum atomic E-state index is 0.756. The third-order valence-electron chi connectivity index (χ3n) is 4.23. The first-order chi connectivity index (χ1) is 8.17. The summed E-state index contributed by atoms with van der Waals surface area (Å²) in [6.45, 7) is 10.4. The summed E-state index contributed by atoms with van der Waals surface area (Å²) in [5.74, 6) is 3.21. The second-order valence-corrected chi connectivity index (χ2v) is 7.21. The molecule has 1 fully saturated rings. The molecule has 2 heteroatoms. The topological polar surface area (TPSA) is 12.0 Å². The maximum absolute atomic E-state index is 3.73. The molecule has 1 aliphatic carbocycles. The third kappa shape index (κ3) is 5.65. The molecular formula is C15H31NS. The summed E-state index contributed by atoms with van der Waals surface area (Å²) in [5, 5.41) is 4.54. The summed E-state index contributed by atoms with van der Waals surface area (Å²) in [4.78, 5) is 0. The van der Waals surface area contributed by atoms with Crippen molar-refractivity contribution in [2.24, 2.45) is 11.8 Å². The first kappa shape index (κ1) is 15.4. The summed E-state index contributed by atoms with van der Waals surface area (Å²) in [6, 6.07) is 0.756. The fourth-order valence-electron chi connectivity index (χ4n) is 2.70. The molecule has 0 saturated heterocycles. The van der Waals surface area contributed by atoms with E-state index in [1.165, 1.54) is 37.9 Å². The molecular weight excluding hydrogens is 226 g/mol. The Bertz CT molecular complexity index is 187. The zero-order chi connectivity index (χ0) is 12.7. The quantitative estimate of drug-likeness (QED) is 0.729. The maximum atomic E-state index is 3.73. The van der Waals surface area contributed by atoms with E-state index < -0.39 is 0 Å². The van der Waals surface area contributed by atoms with Crippen molar-refractivity contribution in [3.8, 4) is 0 Å². The lowest BCUT2D eigenvalue weighted by Gasteiger charge is -2.33. The van der Waals surface area contributed by atoms with Crippen molar-refractivity contribution in [3.05, 3.63) is 0 Å². The van der Waals surface area contributed by atoms with E-state index in [9.17, 15) is 0 Å². The number of thioether (sulfide) groups is 1. The standard InChI is InChI=1S/C15H31NS/c1-5-13(4)17-11-15(16-6-2)14-9-7-12(3)8-10-14/h12-16H,5-11H2,1-4H3. The largest absolute Gasteiger partial charge is 0.313 e. The van der Waals surface area contributed by atoms with Crippen LogP contribution in [0.2, 0.25) is 0 Å². The molecule has 1 N–H and O–H groups in total. The normalized spacial score (nSPS) is 28.9. The second-order valence-electron chi connectivity index (χ2n) is 5.74. The molecule has 0 radical (unpaired) electrons. The van der Waals surface area contributed by atoms with Crippen molar-refractivity contribution in [2.75, 3.05) is 12.3 Å². The molecule has 0 aliphatic heterocycles. The van der Waals surface area contributed by atoms with Crippen molar-refractivity contribution in [1.82, 2.24) is 5.32 Å². The van der Waals surface area contributed by atoms with Crippen LogP contribution in [0.4, 0.5) is 0 Å². The highest BCUT2D eigenvalue weighted by atomic mass is 32.2. The van der Waals surface area contributed by atoms with Gasteiger partial charge < -0.3 is 5.32 Å². The summed E-state index contributed by atoms with van der Waals surface area (Å²) in [5.41, 5.74) is 0. The van der Waals surface area contributed by atoms with Crippen LogP contribution in [0.25, 0.3) is 0 Å². The fraction of sp³-hybridized carbons (Fsp3) is 1.00. The summed E-state index contributed by atoms with van der Waals surface area (Å²) in [7, 11) is 0. The molecule has 1 rings (SSSR count). The lowest BCUT2D eigenvalue weighted by atomic mass is 9.79. The zero-order valence-electron chi connectivity index (χ0n) is 12.2. The van der Waals surface area contributed by atoms with Gasteiger partial charge in [-0.1, -0.05) is 40.5 Å². The predicted octanol–water partition coefficient (Wildman–Crippen LogP) is 4.32.